The molecular weight excluding hydrogens is 590 g/mol. The number of imide groups is 1. The quantitative estimate of drug-likeness (QED) is 0.277. The van der Waals surface area contributed by atoms with E-state index in [-0.39, 0.29) is 40.7 Å². The van der Waals surface area contributed by atoms with Gasteiger partial charge in [-0.25, -0.2) is 32.8 Å². The first-order chi connectivity index (χ1) is 18.9. The van der Waals surface area contributed by atoms with E-state index in [0.717, 1.165) is 21.6 Å². The van der Waals surface area contributed by atoms with Gasteiger partial charge in [0.25, 0.3) is 11.8 Å². The summed E-state index contributed by atoms with van der Waals surface area (Å²) in [5.41, 5.74) is -0.437. The molecule has 40 heavy (non-hydrogen) atoms. The molecule has 0 bridgehead atoms. The van der Waals surface area contributed by atoms with E-state index in [0.29, 0.717) is 5.57 Å². The Morgan fingerprint density at radius 3 is 2.38 bits per heavy atom. The van der Waals surface area contributed by atoms with Gasteiger partial charge in [-0.3, -0.25) is 9.59 Å². The van der Waals surface area contributed by atoms with Gasteiger partial charge in [0.1, 0.15) is 5.82 Å². The Balaban J connectivity index is 1.64. The molecule has 3 aromatic rings. The Morgan fingerprint density at radius 2 is 1.73 bits per heavy atom. The number of hydrogen-bond acceptors (Lipinski definition) is 6. The zero-order valence-corrected chi connectivity index (χ0v) is 23.2. The van der Waals surface area contributed by atoms with Crippen LogP contribution < -0.4 is 21.0 Å². The second kappa shape index (κ2) is 8.73. The second-order valence-electron chi connectivity index (χ2n) is 9.90. The maximum absolute atomic E-state index is 14.2. The minimum absolute atomic E-state index is 0.0216. The molecule has 1 aromatic heterocycles. The van der Waals surface area contributed by atoms with E-state index >= 15 is 0 Å². The molecule has 1 saturated carbocycles. The van der Waals surface area contributed by atoms with Crippen molar-refractivity contribution in [1.82, 2.24) is 13.9 Å². The van der Waals surface area contributed by atoms with Crippen LogP contribution in [0.3, 0.4) is 0 Å². The molecule has 14 heteroatoms. The number of alkyl halides is 2. The molecule has 0 unspecified atom stereocenters. The first-order valence-corrected chi connectivity index (χ1v) is 13.2. The van der Waals surface area contributed by atoms with Crippen LogP contribution in [0.5, 0.6) is 11.5 Å². The number of amides is 2. The standard InChI is InChI=1S/C26H20Cl3FN4O6/c1-31-23(38)32-8-7-15-17(34(32)24(31)39)11-25(28)21(36)33(14-5-3-13(30)4-6-14)22(37)26(25,29)19(15)12-9-16(27)20(35)18(10-12)40-2/h3-7,9-10,17,19,35H,8,11H2,1-2H3/t17-,19+,25-,26+/m1/s1. The van der Waals surface area contributed by atoms with Crippen molar-refractivity contribution in [3.05, 3.63) is 85.4 Å². The van der Waals surface area contributed by atoms with Crippen molar-refractivity contribution in [3.8, 4) is 11.5 Å². The summed E-state index contributed by atoms with van der Waals surface area (Å²) in [4.78, 5) is 50.8. The Bertz CT molecular complexity index is 1780. The number of phenolic OH excluding ortho intramolecular Hbond substituents is 1. The van der Waals surface area contributed by atoms with E-state index in [4.69, 9.17) is 39.5 Å². The molecule has 2 fully saturated rings. The normalized spacial score (nSPS) is 27.2. The highest BCUT2D eigenvalue weighted by Gasteiger charge is 2.75. The number of carbonyl (C=O) groups is 2. The van der Waals surface area contributed by atoms with Gasteiger partial charge < -0.3 is 9.84 Å². The molecule has 0 radical (unpaired) electrons. The fourth-order valence-electron chi connectivity index (χ4n) is 6.06. The van der Waals surface area contributed by atoms with E-state index in [1.807, 2.05) is 0 Å². The highest BCUT2D eigenvalue weighted by Crippen LogP contribution is 2.64. The number of anilines is 1. The number of halogens is 4. The lowest BCUT2D eigenvalue weighted by Gasteiger charge is -2.49. The molecule has 4 atom stereocenters. The molecule has 1 N–H and O–H groups in total. The monoisotopic (exact) mass is 608 g/mol. The van der Waals surface area contributed by atoms with Crippen LogP contribution in [0.1, 0.15) is 23.9 Å². The summed E-state index contributed by atoms with van der Waals surface area (Å²) in [7, 11) is 2.64. The minimum Gasteiger partial charge on any atom is -0.503 e. The number of methoxy groups -OCH3 is 1. The number of fused-ring (bicyclic) bond motifs is 4. The van der Waals surface area contributed by atoms with Gasteiger partial charge in [-0.2, -0.15) is 0 Å². The van der Waals surface area contributed by atoms with Gasteiger partial charge in [-0.1, -0.05) is 17.7 Å². The Labute approximate surface area is 240 Å². The third-order valence-electron chi connectivity index (χ3n) is 7.96. The van der Waals surface area contributed by atoms with Gasteiger partial charge >= 0.3 is 11.4 Å². The van der Waals surface area contributed by atoms with Gasteiger partial charge in [0.15, 0.2) is 21.2 Å². The van der Waals surface area contributed by atoms with Gasteiger partial charge in [0.2, 0.25) is 0 Å². The fourth-order valence-corrected chi connectivity index (χ4v) is 7.19. The SMILES string of the molecule is COc1cc([C@H]2C3=CCn4c(=O)n(C)c(=O)n4[C@@H]3C[C@@]3(Cl)C(=O)N(c4ccc(F)cc4)C(=O)[C@@]23Cl)cc(Cl)c1O. The van der Waals surface area contributed by atoms with Crippen molar-refractivity contribution in [2.24, 2.45) is 7.05 Å². The summed E-state index contributed by atoms with van der Waals surface area (Å²) in [6, 6.07) is 6.53. The maximum atomic E-state index is 14.2. The third kappa shape index (κ3) is 3.22. The molecule has 3 heterocycles. The second-order valence-corrected chi connectivity index (χ2v) is 11.5. The molecule has 2 aliphatic heterocycles. The molecule has 1 saturated heterocycles. The molecular formula is C26H20Cl3FN4O6. The number of nitrogens with zero attached hydrogens (tertiary/aromatic N) is 4. The summed E-state index contributed by atoms with van der Waals surface area (Å²) in [6.07, 6.45) is 1.36. The minimum atomic E-state index is -2.16. The number of allylic oxidation sites excluding steroid dienone is 2. The molecule has 2 aromatic carbocycles. The van der Waals surface area contributed by atoms with Crippen LogP contribution in [0.25, 0.3) is 0 Å². The number of phenols is 1. The van der Waals surface area contributed by atoms with Gasteiger partial charge in [-0.05, 0) is 47.5 Å². The highest BCUT2D eigenvalue weighted by atomic mass is 35.5. The summed E-state index contributed by atoms with van der Waals surface area (Å²) in [5, 5.41) is 10.3. The molecule has 208 valence electrons. The largest absolute Gasteiger partial charge is 0.503 e. The zero-order chi connectivity index (χ0) is 28.9. The van der Waals surface area contributed by atoms with E-state index in [1.165, 1.54) is 47.8 Å². The Morgan fingerprint density at radius 1 is 1.05 bits per heavy atom. The van der Waals surface area contributed by atoms with Crippen LogP contribution in [0, 0.1) is 5.82 Å². The average molecular weight is 610 g/mol. The number of ether oxygens (including phenoxy) is 1. The summed E-state index contributed by atoms with van der Waals surface area (Å²) < 4.78 is 22.3. The van der Waals surface area contributed by atoms with Crippen LogP contribution >= 0.6 is 34.8 Å². The average Bonchev–Trinajstić information content (AvgIpc) is 3.24. The number of rotatable bonds is 3. The van der Waals surface area contributed by atoms with E-state index in [9.17, 15) is 28.7 Å². The van der Waals surface area contributed by atoms with E-state index in [2.05, 4.69) is 0 Å². The number of aromatic nitrogens is 3. The maximum Gasteiger partial charge on any atom is 0.347 e. The molecule has 6 rings (SSSR count). The highest BCUT2D eigenvalue weighted by molar-refractivity contribution is 6.58. The van der Waals surface area contributed by atoms with Crippen molar-refractivity contribution < 1.29 is 23.8 Å². The molecule has 2 amide bonds. The predicted molar refractivity (Wildman–Crippen MR) is 144 cm³/mol. The summed E-state index contributed by atoms with van der Waals surface area (Å²) in [5.74, 6) is -3.87. The van der Waals surface area contributed by atoms with Crippen LogP contribution in [0.2, 0.25) is 5.02 Å². The number of aromatic hydroxyl groups is 1. The van der Waals surface area contributed by atoms with Crippen molar-refractivity contribution in [3.63, 3.8) is 0 Å². The lowest BCUT2D eigenvalue weighted by molar-refractivity contribution is -0.122. The lowest BCUT2D eigenvalue weighted by Crippen LogP contribution is -2.59. The first-order valence-electron chi connectivity index (χ1n) is 12.0. The van der Waals surface area contributed by atoms with Crippen molar-refractivity contribution in [2.45, 2.75) is 34.7 Å². The topological polar surface area (TPSA) is 116 Å². The Hall–Kier alpha value is -3.54. The first kappa shape index (κ1) is 26.7. The smallest absolute Gasteiger partial charge is 0.347 e. The molecule has 10 nitrogen and oxygen atoms in total. The number of carbonyl (C=O) groups excluding carboxylic acids is 2. The molecule has 3 aliphatic rings. The van der Waals surface area contributed by atoms with Crippen LogP contribution in [0.15, 0.2) is 57.6 Å². The third-order valence-corrected chi connectivity index (χ3v) is 9.66. The van der Waals surface area contributed by atoms with Crippen LogP contribution in [0.4, 0.5) is 10.1 Å². The van der Waals surface area contributed by atoms with Crippen molar-refractivity contribution >= 4 is 52.3 Å². The molecule has 1 aliphatic carbocycles. The van der Waals surface area contributed by atoms with E-state index in [1.54, 1.807) is 6.08 Å². The lowest BCUT2D eigenvalue weighted by atomic mass is 9.64. The summed E-state index contributed by atoms with van der Waals surface area (Å²) in [6.45, 7) is -0.0216. The number of hydrogen-bond donors (Lipinski definition) is 1. The van der Waals surface area contributed by atoms with Crippen LogP contribution in [-0.4, -0.2) is 47.7 Å². The molecule has 0 spiro atoms. The summed E-state index contributed by atoms with van der Waals surface area (Å²) >= 11 is 20.7. The fraction of sp³-hybridized carbons (Fsp3) is 0.308. The van der Waals surface area contributed by atoms with Crippen molar-refractivity contribution in [1.29, 1.82) is 0 Å². The number of benzene rings is 2. The van der Waals surface area contributed by atoms with Gasteiger partial charge in [0, 0.05) is 19.4 Å². The van der Waals surface area contributed by atoms with Crippen molar-refractivity contribution in [2.75, 3.05) is 12.0 Å². The predicted octanol–water partition coefficient (Wildman–Crippen LogP) is 3.05. The van der Waals surface area contributed by atoms with E-state index < -0.39 is 50.7 Å². The zero-order valence-electron chi connectivity index (χ0n) is 20.9. The van der Waals surface area contributed by atoms with Gasteiger partial charge in [-0.15, -0.1) is 23.2 Å². The van der Waals surface area contributed by atoms with Gasteiger partial charge in [0.05, 0.1) is 30.4 Å². The Kier molecular flexibility index (Phi) is 5.82. The van der Waals surface area contributed by atoms with Crippen LogP contribution in [-0.2, 0) is 23.2 Å².